The molecule has 0 radical (unpaired) electrons. The van der Waals surface area contributed by atoms with Crippen molar-refractivity contribution >= 4 is 38.5 Å². The monoisotopic (exact) mass is 364 g/mol. The van der Waals surface area contributed by atoms with Gasteiger partial charge in [-0.05, 0) is 63.1 Å². The third-order valence-electron chi connectivity index (χ3n) is 1.54. The SMILES string of the molecule is Cc1cc(C(F)(F)F)cc(I)c1Br. The number of hydrogen-bond acceptors (Lipinski definition) is 0. The summed E-state index contributed by atoms with van der Waals surface area (Å²) in [6.45, 7) is 1.64. The van der Waals surface area contributed by atoms with E-state index < -0.39 is 11.7 Å². The van der Waals surface area contributed by atoms with Crippen LogP contribution in [0.15, 0.2) is 16.6 Å². The Morgan fingerprint density at radius 1 is 1.31 bits per heavy atom. The summed E-state index contributed by atoms with van der Waals surface area (Å²) in [5.74, 6) is 0. The Kier molecular flexibility index (Phi) is 3.27. The fourth-order valence-electron chi connectivity index (χ4n) is 0.890. The molecule has 0 saturated carbocycles. The Morgan fingerprint density at radius 2 is 1.85 bits per heavy atom. The first-order valence-electron chi connectivity index (χ1n) is 3.35. The maximum absolute atomic E-state index is 12.3. The summed E-state index contributed by atoms with van der Waals surface area (Å²) in [5, 5.41) is 0. The highest BCUT2D eigenvalue weighted by molar-refractivity contribution is 14.1. The lowest BCUT2D eigenvalue weighted by atomic mass is 10.1. The van der Waals surface area contributed by atoms with Gasteiger partial charge in [-0.25, -0.2) is 0 Å². The summed E-state index contributed by atoms with van der Waals surface area (Å²) < 4.78 is 38.1. The van der Waals surface area contributed by atoms with Crippen LogP contribution in [-0.2, 0) is 6.18 Å². The van der Waals surface area contributed by atoms with Gasteiger partial charge < -0.3 is 0 Å². The van der Waals surface area contributed by atoms with E-state index in [9.17, 15) is 13.2 Å². The van der Waals surface area contributed by atoms with Crippen molar-refractivity contribution in [1.29, 1.82) is 0 Å². The lowest BCUT2D eigenvalue weighted by Gasteiger charge is -2.09. The summed E-state index contributed by atoms with van der Waals surface area (Å²) in [7, 11) is 0. The van der Waals surface area contributed by atoms with Crippen LogP contribution in [0, 0.1) is 10.5 Å². The number of benzene rings is 1. The molecule has 0 atom stereocenters. The molecule has 0 aromatic heterocycles. The Hall–Kier alpha value is 0.220. The van der Waals surface area contributed by atoms with Gasteiger partial charge in [0.15, 0.2) is 0 Å². The van der Waals surface area contributed by atoms with Crippen LogP contribution in [0.4, 0.5) is 13.2 Å². The van der Waals surface area contributed by atoms with Gasteiger partial charge in [0.2, 0.25) is 0 Å². The highest BCUT2D eigenvalue weighted by Gasteiger charge is 2.31. The predicted molar refractivity (Wildman–Crippen MR) is 56.6 cm³/mol. The Morgan fingerprint density at radius 3 is 2.23 bits per heavy atom. The van der Waals surface area contributed by atoms with Gasteiger partial charge in [0.25, 0.3) is 0 Å². The Balaban J connectivity index is 3.29. The average Bonchev–Trinajstić information content (AvgIpc) is 1.97. The molecule has 0 aliphatic heterocycles. The molecule has 0 unspecified atom stereocenters. The number of alkyl halides is 3. The number of aryl methyl sites for hydroxylation is 1. The van der Waals surface area contributed by atoms with Crippen LogP contribution in [-0.4, -0.2) is 0 Å². The van der Waals surface area contributed by atoms with Crippen LogP contribution in [0.25, 0.3) is 0 Å². The van der Waals surface area contributed by atoms with E-state index in [-0.39, 0.29) is 0 Å². The molecule has 13 heavy (non-hydrogen) atoms. The van der Waals surface area contributed by atoms with Gasteiger partial charge in [0.05, 0.1) is 5.56 Å². The standard InChI is InChI=1S/C8H5BrF3I/c1-4-2-5(8(10,11)12)3-6(13)7(4)9/h2-3H,1H3. The number of hydrogen-bond donors (Lipinski definition) is 0. The van der Waals surface area contributed by atoms with Gasteiger partial charge in [-0.15, -0.1) is 0 Å². The van der Waals surface area contributed by atoms with Crippen LogP contribution in [0.1, 0.15) is 11.1 Å². The Labute approximate surface area is 95.8 Å². The molecule has 0 N–H and O–H groups in total. The normalized spacial score (nSPS) is 11.8. The van der Waals surface area contributed by atoms with Crippen molar-refractivity contribution < 1.29 is 13.2 Å². The molecular weight excluding hydrogens is 360 g/mol. The number of halogens is 5. The van der Waals surface area contributed by atoms with E-state index >= 15 is 0 Å². The highest BCUT2D eigenvalue weighted by Crippen LogP contribution is 2.34. The second kappa shape index (κ2) is 3.76. The minimum Gasteiger partial charge on any atom is -0.166 e. The first-order chi connectivity index (χ1) is 5.82. The van der Waals surface area contributed by atoms with Crippen molar-refractivity contribution in [3.63, 3.8) is 0 Å². The molecule has 0 aliphatic carbocycles. The van der Waals surface area contributed by atoms with Gasteiger partial charge in [-0.3, -0.25) is 0 Å². The molecule has 1 rings (SSSR count). The highest BCUT2D eigenvalue weighted by atomic mass is 127. The van der Waals surface area contributed by atoms with Crippen LogP contribution >= 0.6 is 38.5 Å². The summed E-state index contributed by atoms with van der Waals surface area (Å²) >= 11 is 5.07. The van der Waals surface area contributed by atoms with Crippen molar-refractivity contribution in [2.75, 3.05) is 0 Å². The van der Waals surface area contributed by atoms with Crippen molar-refractivity contribution in [3.05, 3.63) is 31.3 Å². The first kappa shape index (κ1) is 11.3. The van der Waals surface area contributed by atoms with Crippen molar-refractivity contribution in [1.82, 2.24) is 0 Å². The van der Waals surface area contributed by atoms with E-state index in [4.69, 9.17) is 0 Å². The zero-order valence-corrected chi connectivity index (χ0v) is 10.3. The summed E-state index contributed by atoms with van der Waals surface area (Å²) in [6, 6.07) is 2.25. The fraction of sp³-hybridized carbons (Fsp3) is 0.250. The van der Waals surface area contributed by atoms with Crippen LogP contribution in [0.5, 0.6) is 0 Å². The lowest BCUT2D eigenvalue weighted by Crippen LogP contribution is -2.05. The van der Waals surface area contributed by atoms with Crippen LogP contribution < -0.4 is 0 Å². The van der Waals surface area contributed by atoms with Crippen LogP contribution in [0.3, 0.4) is 0 Å². The largest absolute Gasteiger partial charge is 0.416 e. The smallest absolute Gasteiger partial charge is 0.166 e. The third-order valence-corrected chi connectivity index (χ3v) is 4.18. The minimum absolute atomic E-state index is 0.574. The van der Waals surface area contributed by atoms with E-state index in [1.807, 2.05) is 22.6 Å². The molecule has 0 aliphatic rings. The average molecular weight is 365 g/mol. The van der Waals surface area contributed by atoms with E-state index in [2.05, 4.69) is 15.9 Å². The fourth-order valence-corrected chi connectivity index (χ4v) is 1.88. The van der Waals surface area contributed by atoms with Crippen molar-refractivity contribution in [2.24, 2.45) is 0 Å². The number of rotatable bonds is 0. The van der Waals surface area contributed by atoms with Crippen LogP contribution in [0.2, 0.25) is 0 Å². The van der Waals surface area contributed by atoms with Crippen molar-refractivity contribution in [2.45, 2.75) is 13.1 Å². The molecule has 0 saturated heterocycles. The molecule has 1 aromatic rings. The zero-order valence-electron chi connectivity index (χ0n) is 6.54. The molecule has 1 aromatic carbocycles. The summed E-state index contributed by atoms with van der Waals surface area (Å²) in [4.78, 5) is 0. The van der Waals surface area contributed by atoms with Gasteiger partial charge in [-0.1, -0.05) is 0 Å². The van der Waals surface area contributed by atoms with Crippen molar-refractivity contribution in [3.8, 4) is 0 Å². The molecular formula is C8H5BrF3I. The van der Waals surface area contributed by atoms with E-state index in [0.29, 0.717) is 9.13 Å². The van der Waals surface area contributed by atoms with Gasteiger partial charge in [-0.2, -0.15) is 13.2 Å². The molecule has 5 heteroatoms. The molecule has 0 bridgehead atoms. The van der Waals surface area contributed by atoms with E-state index in [0.717, 1.165) is 16.6 Å². The zero-order chi connectivity index (χ0) is 10.2. The minimum atomic E-state index is -4.26. The summed E-state index contributed by atoms with van der Waals surface area (Å²) in [6.07, 6.45) is -4.26. The Bertz CT molecular complexity index is 310. The topological polar surface area (TPSA) is 0 Å². The summed E-state index contributed by atoms with van der Waals surface area (Å²) in [5.41, 5.74) is -0.00294. The van der Waals surface area contributed by atoms with E-state index in [1.54, 1.807) is 6.92 Å². The first-order valence-corrected chi connectivity index (χ1v) is 5.22. The molecule has 0 fully saturated rings. The molecule has 0 spiro atoms. The van der Waals surface area contributed by atoms with Gasteiger partial charge in [0.1, 0.15) is 0 Å². The van der Waals surface area contributed by atoms with E-state index in [1.165, 1.54) is 0 Å². The second-order valence-corrected chi connectivity index (χ2v) is 4.54. The predicted octanol–water partition coefficient (Wildman–Crippen LogP) is 4.38. The molecule has 0 nitrogen and oxygen atoms in total. The lowest BCUT2D eigenvalue weighted by molar-refractivity contribution is -0.137. The molecule has 0 amide bonds. The second-order valence-electron chi connectivity index (χ2n) is 2.59. The third kappa shape index (κ3) is 2.59. The maximum Gasteiger partial charge on any atom is 0.416 e. The molecule has 0 heterocycles. The molecule has 72 valence electrons. The van der Waals surface area contributed by atoms with Gasteiger partial charge in [0, 0.05) is 8.04 Å². The van der Waals surface area contributed by atoms with Gasteiger partial charge >= 0.3 is 6.18 Å². The maximum atomic E-state index is 12.3. The quantitative estimate of drug-likeness (QED) is 0.599.